The second kappa shape index (κ2) is 10.4. The third-order valence-electron chi connectivity index (χ3n) is 6.83. The smallest absolute Gasteiger partial charge is 0.226 e. The highest BCUT2D eigenvalue weighted by Crippen LogP contribution is 2.34. The SMILES string of the molecule is CCc1nc(-c2ccc(CNC3(C4CCCCCCC4)CC(C#N)NCN3)cc2)no1. The van der Waals surface area contributed by atoms with E-state index in [0.717, 1.165) is 24.9 Å². The van der Waals surface area contributed by atoms with E-state index in [1.807, 2.05) is 6.92 Å². The second-order valence-corrected chi connectivity index (χ2v) is 8.87. The van der Waals surface area contributed by atoms with E-state index in [9.17, 15) is 5.26 Å². The van der Waals surface area contributed by atoms with Crippen molar-refractivity contribution in [3.8, 4) is 17.5 Å². The van der Waals surface area contributed by atoms with Crippen LogP contribution < -0.4 is 16.0 Å². The molecule has 1 saturated carbocycles. The molecule has 2 unspecified atom stereocenters. The first-order chi connectivity index (χ1) is 15.2. The number of hydrogen-bond donors (Lipinski definition) is 3. The molecule has 4 rings (SSSR count). The maximum atomic E-state index is 9.58. The van der Waals surface area contributed by atoms with Gasteiger partial charge in [0.05, 0.1) is 17.8 Å². The molecular formula is C24H34N6O. The highest BCUT2D eigenvalue weighted by molar-refractivity contribution is 5.54. The van der Waals surface area contributed by atoms with Crippen LogP contribution in [0.5, 0.6) is 0 Å². The quantitative estimate of drug-likeness (QED) is 0.650. The van der Waals surface area contributed by atoms with Crippen LogP contribution in [0.1, 0.15) is 69.7 Å². The van der Waals surface area contributed by atoms with E-state index in [1.54, 1.807) is 0 Å². The Balaban J connectivity index is 1.47. The molecule has 2 heterocycles. The summed E-state index contributed by atoms with van der Waals surface area (Å²) in [6.07, 6.45) is 10.5. The Hall–Kier alpha value is -2.27. The summed E-state index contributed by atoms with van der Waals surface area (Å²) >= 11 is 0. The third kappa shape index (κ3) is 5.32. The molecule has 1 aliphatic heterocycles. The van der Waals surface area contributed by atoms with E-state index < -0.39 is 0 Å². The van der Waals surface area contributed by atoms with Gasteiger partial charge in [-0.25, -0.2) is 0 Å². The molecule has 1 aliphatic carbocycles. The number of nitriles is 1. The fourth-order valence-corrected chi connectivity index (χ4v) is 4.98. The lowest BCUT2D eigenvalue weighted by atomic mass is 9.77. The van der Waals surface area contributed by atoms with Crippen LogP contribution >= 0.6 is 0 Å². The zero-order chi connectivity index (χ0) is 21.5. The van der Waals surface area contributed by atoms with Crippen LogP contribution in [-0.2, 0) is 13.0 Å². The summed E-state index contributed by atoms with van der Waals surface area (Å²) in [4.78, 5) is 4.41. The number of rotatable bonds is 6. The molecule has 2 fully saturated rings. The topological polar surface area (TPSA) is 98.8 Å². The largest absolute Gasteiger partial charge is 0.339 e. The lowest BCUT2D eigenvalue weighted by Gasteiger charge is -2.47. The molecule has 166 valence electrons. The molecule has 0 radical (unpaired) electrons. The molecule has 2 aliphatic rings. The highest BCUT2D eigenvalue weighted by Gasteiger charge is 2.42. The summed E-state index contributed by atoms with van der Waals surface area (Å²) in [5.74, 6) is 1.84. The van der Waals surface area contributed by atoms with Gasteiger partial charge in [0.25, 0.3) is 0 Å². The van der Waals surface area contributed by atoms with Crippen LogP contribution in [-0.4, -0.2) is 28.5 Å². The van der Waals surface area contributed by atoms with Crippen LogP contribution in [0.4, 0.5) is 0 Å². The van der Waals surface area contributed by atoms with Gasteiger partial charge in [0.1, 0.15) is 0 Å². The number of nitrogens with one attached hydrogen (secondary N) is 3. The lowest BCUT2D eigenvalue weighted by Crippen LogP contribution is -2.69. The zero-order valence-corrected chi connectivity index (χ0v) is 18.5. The minimum atomic E-state index is -0.203. The van der Waals surface area contributed by atoms with Gasteiger partial charge in [-0.2, -0.15) is 10.2 Å². The molecule has 0 bridgehead atoms. The van der Waals surface area contributed by atoms with Gasteiger partial charge in [-0.1, -0.05) is 68.4 Å². The van der Waals surface area contributed by atoms with E-state index in [4.69, 9.17) is 4.52 Å². The van der Waals surface area contributed by atoms with Crippen molar-refractivity contribution in [1.82, 2.24) is 26.1 Å². The van der Waals surface area contributed by atoms with E-state index >= 15 is 0 Å². The summed E-state index contributed by atoms with van der Waals surface area (Å²) < 4.78 is 5.23. The van der Waals surface area contributed by atoms with Gasteiger partial charge in [0, 0.05) is 31.6 Å². The van der Waals surface area contributed by atoms with Crippen LogP contribution in [0.15, 0.2) is 28.8 Å². The third-order valence-corrected chi connectivity index (χ3v) is 6.83. The van der Waals surface area contributed by atoms with Crippen LogP contribution in [0.25, 0.3) is 11.4 Å². The van der Waals surface area contributed by atoms with Gasteiger partial charge in [-0.05, 0) is 24.3 Å². The average molecular weight is 423 g/mol. The van der Waals surface area contributed by atoms with Crippen molar-refractivity contribution in [2.24, 2.45) is 5.92 Å². The molecule has 0 spiro atoms. The second-order valence-electron chi connectivity index (χ2n) is 8.87. The Kier molecular flexibility index (Phi) is 7.33. The van der Waals surface area contributed by atoms with Gasteiger partial charge in [-0.3, -0.25) is 16.0 Å². The molecule has 3 N–H and O–H groups in total. The van der Waals surface area contributed by atoms with Crippen molar-refractivity contribution in [1.29, 1.82) is 5.26 Å². The summed E-state index contributed by atoms with van der Waals surface area (Å²) in [5.41, 5.74) is 1.97. The first-order valence-corrected chi connectivity index (χ1v) is 11.8. The lowest BCUT2D eigenvalue weighted by molar-refractivity contribution is 0.0830. The minimum Gasteiger partial charge on any atom is -0.339 e. The van der Waals surface area contributed by atoms with Crippen molar-refractivity contribution in [2.45, 2.75) is 83.0 Å². The molecule has 1 aromatic carbocycles. The zero-order valence-electron chi connectivity index (χ0n) is 18.5. The Morgan fingerprint density at radius 2 is 1.90 bits per heavy atom. The number of benzene rings is 1. The van der Waals surface area contributed by atoms with Gasteiger partial charge in [-0.15, -0.1) is 0 Å². The van der Waals surface area contributed by atoms with Crippen molar-refractivity contribution < 1.29 is 4.52 Å². The molecule has 0 amide bonds. The van der Waals surface area contributed by atoms with Crippen LogP contribution in [0.2, 0.25) is 0 Å². The van der Waals surface area contributed by atoms with Gasteiger partial charge in [0.2, 0.25) is 11.7 Å². The first kappa shape index (κ1) is 21.9. The Morgan fingerprint density at radius 3 is 2.58 bits per heavy atom. The number of aromatic nitrogens is 2. The average Bonchev–Trinajstić information content (AvgIpc) is 3.27. The summed E-state index contributed by atoms with van der Waals surface area (Å²) in [6, 6.07) is 10.7. The molecule has 31 heavy (non-hydrogen) atoms. The number of hydrogen-bond acceptors (Lipinski definition) is 7. The minimum absolute atomic E-state index is 0.118. The molecule has 1 saturated heterocycles. The highest BCUT2D eigenvalue weighted by atomic mass is 16.5. The summed E-state index contributed by atoms with van der Waals surface area (Å²) in [5, 5.41) is 24.5. The van der Waals surface area contributed by atoms with Gasteiger partial charge in [0.15, 0.2) is 0 Å². The fraction of sp³-hybridized carbons (Fsp3) is 0.625. The predicted molar refractivity (Wildman–Crippen MR) is 120 cm³/mol. The van der Waals surface area contributed by atoms with Crippen molar-refractivity contribution in [2.75, 3.05) is 6.67 Å². The predicted octanol–water partition coefficient (Wildman–Crippen LogP) is 3.88. The van der Waals surface area contributed by atoms with Gasteiger partial charge < -0.3 is 4.52 Å². The Labute approximate surface area is 185 Å². The molecule has 1 aromatic heterocycles. The molecule has 7 nitrogen and oxygen atoms in total. The summed E-state index contributed by atoms with van der Waals surface area (Å²) in [7, 11) is 0. The van der Waals surface area contributed by atoms with E-state index in [0.29, 0.717) is 24.3 Å². The molecule has 2 aromatic rings. The van der Waals surface area contributed by atoms with E-state index in [1.165, 1.54) is 50.5 Å². The van der Waals surface area contributed by atoms with Crippen molar-refractivity contribution in [3.05, 3.63) is 35.7 Å². The standard InChI is InChI=1S/C24H34N6O/c1-2-22-29-23(30-31-22)19-12-10-18(11-13-19)16-27-24(14-21(15-25)26-17-28-24)20-8-6-4-3-5-7-9-20/h10-13,20-21,26-28H,2-9,14,16-17H2,1H3. The van der Waals surface area contributed by atoms with Crippen molar-refractivity contribution >= 4 is 0 Å². The van der Waals surface area contributed by atoms with Gasteiger partial charge >= 0.3 is 0 Å². The van der Waals surface area contributed by atoms with Crippen LogP contribution in [0, 0.1) is 17.2 Å². The maximum Gasteiger partial charge on any atom is 0.226 e. The Bertz CT molecular complexity index is 865. The summed E-state index contributed by atoms with van der Waals surface area (Å²) in [6.45, 7) is 3.43. The fourth-order valence-electron chi connectivity index (χ4n) is 4.98. The number of aryl methyl sites for hydroxylation is 1. The van der Waals surface area contributed by atoms with E-state index in [-0.39, 0.29) is 11.7 Å². The van der Waals surface area contributed by atoms with Crippen LogP contribution in [0.3, 0.4) is 0 Å². The Morgan fingerprint density at radius 1 is 1.16 bits per heavy atom. The van der Waals surface area contributed by atoms with E-state index in [2.05, 4.69) is 56.4 Å². The van der Waals surface area contributed by atoms with Crippen molar-refractivity contribution in [3.63, 3.8) is 0 Å². The number of nitrogens with zero attached hydrogens (tertiary/aromatic N) is 3. The maximum absolute atomic E-state index is 9.58. The molecule has 2 atom stereocenters. The monoisotopic (exact) mass is 422 g/mol. The molecule has 7 heteroatoms. The molecular weight excluding hydrogens is 388 g/mol. The normalized spacial score (nSPS) is 25.5. The first-order valence-electron chi connectivity index (χ1n) is 11.8.